The van der Waals surface area contributed by atoms with Gasteiger partial charge in [0, 0.05) is 13.1 Å². The molecule has 0 aromatic carbocycles. The highest BCUT2D eigenvalue weighted by atomic mass is 16.3. The van der Waals surface area contributed by atoms with Gasteiger partial charge in [-0.3, -0.25) is 0 Å². The van der Waals surface area contributed by atoms with E-state index in [4.69, 9.17) is 10.8 Å². The summed E-state index contributed by atoms with van der Waals surface area (Å²) in [5.74, 6) is 0. The zero-order chi connectivity index (χ0) is 11.3. The molecule has 1 unspecified atom stereocenters. The van der Waals surface area contributed by atoms with Crippen LogP contribution in [0.5, 0.6) is 0 Å². The average molecular weight is 212 g/mol. The first-order chi connectivity index (χ1) is 7.19. The highest BCUT2D eigenvalue weighted by molar-refractivity contribution is 5.09. The Kier molecular flexibility index (Phi) is 4.71. The summed E-state index contributed by atoms with van der Waals surface area (Å²) in [7, 11) is 0. The van der Waals surface area contributed by atoms with Crippen molar-refractivity contribution in [3.05, 3.63) is 11.4 Å². The largest absolute Gasteiger partial charge is 0.393 e. The second kappa shape index (κ2) is 5.82. The number of hydrogen-bond acceptors (Lipinski definition) is 4. The van der Waals surface area contributed by atoms with Gasteiger partial charge in [-0.2, -0.15) is 0 Å². The molecule has 1 aromatic rings. The predicted molar refractivity (Wildman–Crippen MR) is 58.2 cm³/mol. The first kappa shape index (κ1) is 12.1. The Morgan fingerprint density at radius 2 is 2.27 bits per heavy atom. The summed E-state index contributed by atoms with van der Waals surface area (Å²) in [6.45, 7) is 5.12. The standard InChI is InChI=1S/C10H20N4O/c1-3-10-9(7-11)12-13-14(10)6-4-5-8(2)15/h8,15H,3-7,11H2,1-2H3. The lowest BCUT2D eigenvalue weighted by molar-refractivity contribution is 0.178. The number of aromatic nitrogens is 3. The van der Waals surface area contributed by atoms with E-state index in [9.17, 15) is 0 Å². The molecule has 0 aliphatic heterocycles. The van der Waals surface area contributed by atoms with Gasteiger partial charge in [0.2, 0.25) is 0 Å². The fourth-order valence-electron chi connectivity index (χ4n) is 1.63. The number of rotatable bonds is 6. The molecule has 3 N–H and O–H groups in total. The maximum absolute atomic E-state index is 9.14. The maximum Gasteiger partial charge on any atom is 0.0994 e. The van der Waals surface area contributed by atoms with Crippen LogP contribution in [0, 0.1) is 0 Å². The third kappa shape index (κ3) is 3.28. The van der Waals surface area contributed by atoms with E-state index in [-0.39, 0.29) is 6.10 Å². The second-order valence-electron chi connectivity index (χ2n) is 3.75. The van der Waals surface area contributed by atoms with Crippen molar-refractivity contribution < 1.29 is 5.11 Å². The number of aryl methyl sites for hydroxylation is 1. The SMILES string of the molecule is CCc1c(CN)nnn1CCCC(C)O. The fraction of sp³-hybridized carbons (Fsp3) is 0.800. The van der Waals surface area contributed by atoms with E-state index in [2.05, 4.69) is 17.2 Å². The van der Waals surface area contributed by atoms with Crippen LogP contribution >= 0.6 is 0 Å². The molecule has 0 radical (unpaired) electrons. The molecule has 5 nitrogen and oxygen atoms in total. The van der Waals surface area contributed by atoms with Gasteiger partial charge in [-0.15, -0.1) is 5.10 Å². The Morgan fingerprint density at radius 3 is 2.80 bits per heavy atom. The van der Waals surface area contributed by atoms with Crippen LogP contribution in [-0.4, -0.2) is 26.2 Å². The molecule has 5 heteroatoms. The molecular weight excluding hydrogens is 192 g/mol. The number of nitrogens with zero attached hydrogens (tertiary/aromatic N) is 3. The summed E-state index contributed by atoms with van der Waals surface area (Å²) < 4.78 is 1.89. The highest BCUT2D eigenvalue weighted by Gasteiger charge is 2.09. The van der Waals surface area contributed by atoms with Crippen molar-refractivity contribution in [1.82, 2.24) is 15.0 Å². The minimum Gasteiger partial charge on any atom is -0.393 e. The van der Waals surface area contributed by atoms with Gasteiger partial charge in [-0.25, -0.2) is 4.68 Å². The van der Waals surface area contributed by atoms with Gasteiger partial charge >= 0.3 is 0 Å². The summed E-state index contributed by atoms with van der Waals surface area (Å²) in [6, 6.07) is 0. The monoisotopic (exact) mass is 212 g/mol. The average Bonchev–Trinajstić information content (AvgIpc) is 2.59. The molecule has 0 amide bonds. The van der Waals surface area contributed by atoms with Gasteiger partial charge in [0.1, 0.15) is 0 Å². The molecule has 0 fully saturated rings. The molecule has 86 valence electrons. The van der Waals surface area contributed by atoms with Crippen LogP contribution in [0.2, 0.25) is 0 Å². The third-order valence-electron chi connectivity index (χ3n) is 2.44. The number of aliphatic hydroxyl groups is 1. The quantitative estimate of drug-likeness (QED) is 0.718. The number of nitrogens with two attached hydrogens (primary N) is 1. The smallest absolute Gasteiger partial charge is 0.0994 e. The first-order valence-corrected chi connectivity index (χ1v) is 5.48. The van der Waals surface area contributed by atoms with Gasteiger partial charge < -0.3 is 10.8 Å². The van der Waals surface area contributed by atoms with Crippen molar-refractivity contribution in [3.63, 3.8) is 0 Å². The second-order valence-corrected chi connectivity index (χ2v) is 3.75. The maximum atomic E-state index is 9.14. The van der Waals surface area contributed by atoms with E-state index in [0.717, 1.165) is 37.2 Å². The lowest BCUT2D eigenvalue weighted by Gasteiger charge is -2.06. The Morgan fingerprint density at radius 1 is 1.53 bits per heavy atom. The Bertz CT molecular complexity index is 296. The van der Waals surface area contributed by atoms with Crippen molar-refractivity contribution in [3.8, 4) is 0 Å². The van der Waals surface area contributed by atoms with Crippen molar-refractivity contribution >= 4 is 0 Å². The normalized spacial score (nSPS) is 13.1. The molecule has 0 saturated heterocycles. The fourth-order valence-corrected chi connectivity index (χ4v) is 1.63. The molecule has 0 spiro atoms. The zero-order valence-corrected chi connectivity index (χ0v) is 9.48. The first-order valence-electron chi connectivity index (χ1n) is 5.48. The lowest BCUT2D eigenvalue weighted by atomic mass is 10.2. The number of hydrogen-bond donors (Lipinski definition) is 2. The minimum atomic E-state index is -0.243. The van der Waals surface area contributed by atoms with Gasteiger partial charge in [0.15, 0.2) is 0 Å². The van der Waals surface area contributed by atoms with E-state index in [1.165, 1.54) is 0 Å². The Hall–Kier alpha value is -0.940. The van der Waals surface area contributed by atoms with Crippen molar-refractivity contribution in [1.29, 1.82) is 0 Å². The van der Waals surface area contributed by atoms with Gasteiger partial charge in [-0.05, 0) is 26.2 Å². The molecule has 1 heterocycles. The van der Waals surface area contributed by atoms with Crippen molar-refractivity contribution in [2.24, 2.45) is 5.73 Å². The van der Waals surface area contributed by atoms with Gasteiger partial charge in [-0.1, -0.05) is 12.1 Å². The molecule has 0 bridgehead atoms. The molecule has 0 aliphatic rings. The summed E-state index contributed by atoms with van der Waals surface area (Å²) in [4.78, 5) is 0. The van der Waals surface area contributed by atoms with E-state index < -0.39 is 0 Å². The van der Waals surface area contributed by atoms with Crippen LogP contribution in [0.25, 0.3) is 0 Å². The van der Waals surface area contributed by atoms with Gasteiger partial charge in [0.25, 0.3) is 0 Å². The molecular formula is C10H20N4O. The van der Waals surface area contributed by atoms with E-state index in [1.807, 2.05) is 4.68 Å². The van der Waals surface area contributed by atoms with Crippen LogP contribution in [0.3, 0.4) is 0 Å². The molecule has 0 saturated carbocycles. The third-order valence-corrected chi connectivity index (χ3v) is 2.44. The van der Waals surface area contributed by atoms with Crippen molar-refractivity contribution in [2.75, 3.05) is 0 Å². The number of aliphatic hydroxyl groups excluding tert-OH is 1. The van der Waals surface area contributed by atoms with Gasteiger partial charge in [0.05, 0.1) is 17.5 Å². The van der Waals surface area contributed by atoms with E-state index in [1.54, 1.807) is 6.92 Å². The molecule has 0 aliphatic carbocycles. The Labute approximate surface area is 90.3 Å². The van der Waals surface area contributed by atoms with E-state index in [0.29, 0.717) is 6.54 Å². The van der Waals surface area contributed by atoms with Crippen LogP contribution < -0.4 is 5.73 Å². The van der Waals surface area contributed by atoms with Crippen LogP contribution in [0.1, 0.15) is 38.1 Å². The molecule has 1 rings (SSSR count). The molecule has 1 atom stereocenters. The molecule has 1 aromatic heterocycles. The topological polar surface area (TPSA) is 77.0 Å². The lowest BCUT2D eigenvalue weighted by Crippen LogP contribution is -2.09. The minimum absolute atomic E-state index is 0.243. The van der Waals surface area contributed by atoms with Crippen molar-refractivity contribution in [2.45, 2.75) is 52.3 Å². The zero-order valence-electron chi connectivity index (χ0n) is 9.48. The summed E-state index contributed by atoms with van der Waals surface area (Å²) in [5, 5.41) is 17.2. The summed E-state index contributed by atoms with van der Waals surface area (Å²) >= 11 is 0. The highest BCUT2D eigenvalue weighted by Crippen LogP contribution is 2.07. The van der Waals surface area contributed by atoms with E-state index >= 15 is 0 Å². The predicted octanol–water partition coefficient (Wildman–Crippen LogP) is 0.460. The molecule has 15 heavy (non-hydrogen) atoms. The van der Waals surface area contributed by atoms with Crippen LogP contribution in [-0.2, 0) is 19.5 Å². The summed E-state index contributed by atoms with van der Waals surface area (Å²) in [5.41, 5.74) is 7.56. The Balaban J connectivity index is 2.56. The summed E-state index contributed by atoms with van der Waals surface area (Å²) in [6.07, 6.45) is 2.36. The van der Waals surface area contributed by atoms with Crippen LogP contribution in [0.4, 0.5) is 0 Å². The van der Waals surface area contributed by atoms with Crippen LogP contribution in [0.15, 0.2) is 0 Å².